The summed E-state index contributed by atoms with van der Waals surface area (Å²) in [6.07, 6.45) is 0.275. The van der Waals surface area contributed by atoms with Gasteiger partial charge in [-0.3, -0.25) is 14.2 Å². The second-order valence-electron chi connectivity index (χ2n) is 7.87. The van der Waals surface area contributed by atoms with Gasteiger partial charge in [0.25, 0.3) is 5.56 Å². The minimum absolute atomic E-state index is 0.0592. The molecule has 35 heavy (non-hydrogen) atoms. The molecule has 0 fully saturated rings. The number of aryl methyl sites for hydroxylation is 2. The molecule has 10 nitrogen and oxygen atoms in total. The van der Waals surface area contributed by atoms with Gasteiger partial charge in [-0.05, 0) is 44.2 Å². The van der Waals surface area contributed by atoms with E-state index in [-0.39, 0.29) is 36.2 Å². The summed E-state index contributed by atoms with van der Waals surface area (Å²) in [5, 5.41) is 8.60. The van der Waals surface area contributed by atoms with Gasteiger partial charge in [0, 0.05) is 37.1 Å². The van der Waals surface area contributed by atoms with E-state index < -0.39 is 11.2 Å². The van der Waals surface area contributed by atoms with Crippen LogP contribution in [0, 0.1) is 6.92 Å². The minimum atomic E-state index is -0.653. The van der Waals surface area contributed by atoms with Crippen molar-refractivity contribution < 1.29 is 9.32 Å². The number of carbonyl (C=O) groups excluding carboxylic acids is 1. The Hall–Kier alpha value is -4.05. The van der Waals surface area contributed by atoms with Crippen LogP contribution in [0.4, 0.5) is 5.69 Å². The van der Waals surface area contributed by atoms with E-state index >= 15 is 0 Å². The standard InChI is InChI=1S/C24H23ClN6O4/c1-4-30(18-7-5-6-16(25)14-18)20(32)13-12-19-26-22(28-35-19)21-23(33)29(3)24(34)31(27-21)17-10-8-15(2)9-11-17/h5-11,14H,4,12-13H2,1-3H3. The lowest BCUT2D eigenvalue weighted by atomic mass is 10.2. The number of hydrogen-bond acceptors (Lipinski definition) is 7. The summed E-state index contributed by atoms with van der Waals surface area (Å²) in [7, 11) is 1.36. The molecule has 2 aromatic heterocycles. The average molecular weight is 495 g/mol. The topological polar surface area (TPSA) is 116 Å². The number of halogens is 1. The van der Waals surface area contributed by atoms with E-state index in [0.717, 1.165) is 14.8 Å². The first-order valence-corrected chi connectivity index (χ1v) is 11.3. The van der Waals surface area contributed by atoms with Crippen molar-refractivity contribution in [1.29, 1.82) is 0 Å². The van der Waals surface area contributed by atoms with Crippen molar-refractivity contribution in [3.8, 4) is 17.2 Å². The molecule has 4 aromatic rings. The van der Waals surface area contributed by atoms with Crippen LogP contribution in [-0.2, 0) is 18.3 Å². The molecule has 0 atom stereocenters. The fraction of sp³-hybridized carbons (Fsp3) is 0.250. The number of nitrogens with zero attached hydrogens (tertiary/aromatic N) is 6. The summed E-state index contributed by atoms with van der Waals surface area (Å²) >= 11 is 6.05. The highest BCUT2D eigenvalue weighted by Gasteiger charge is 2.20. The molecule has 0 radical (unpaired) electrons. The van der Waals surface area contributed by atoms with Gasteiger partial charge in [-0.15, -0.1) is 0 Å². The van der Waals surface area contributed by atoms with Crippen molar-refractivity contribution in [2.75, 3.05) is 11.4 Å². The van der Waals surface area contributed by atoms with Crippen LogP contribution in [0.1, 0.15) is 24.8 Å². The van der Waals surface area contributed by atoms with E-state index in [0.29, 0.717) is 22.9 Å². The number of benzene rings is 2. The average Bonchev–Trinajstić information content (AvgIpc) is 3.31. The Kier molecular flexibility index (Phi) is 6.92. The third-order valence-electron chi connectivity index (χ3n) is 5.42. The normalized spacial score (nSPS) is 11.0. The summed E-state index contributed by atoms with van der Waals surface area (Å²) in [6, 6.07) is 14.2. The highest BCUT2D eigenvalue weighted by atomic mass is 35.5. The van der Waals surface area contributed by atoms with Crippen LogP contribution < -0.4 is 16.1 Å². The van der Waals surface area contributed by atoms with E-state index in [2.05, 4.69) is 15.2 Å². The van der Waals surface area contributed by atoms with Crippen LogP contribution in [0.15, 0.2) is 62.6 Å². The molecule has 0 N–H and O–H groups in total. The van der Waals surface area contributed by atoms with Gasteiger partial charge in [0.05, 0.1) is 5.69 Å². The zero-order valence-electron chi connectivity index (χ0n) is 19.4. The maximum Gasteiger partial charge on any atom is 0.351 e. The van der Waals surface area contributed by atoms with Gasteiger partial charge in [0.2, 0.25) is 17.6 Å². The van der Waals surface area contributed by atoms with Crippen LogP contribution >= 0.6 is 11.6 Å². The van der Waals surface area contributed by atoms with Crippen molar-refractivity contribution in [1.82, 2.24) is 24.5 Å². The first-order valence-electron chi connectivity index (χ1n) is 10.9. The van der Waals surface area contributed by atoms with E-state index in [1.54, 1.807) is 35.2 Å². The Morgan fingerprint density at radius 3 is 2.57 bits per heavy atom. The lowest BCUT2D eigenvalue weighted by molar-refractivity contribution is -0.118. The summed E-state index contributed by atoms with van der Waals surface area (Å²) in [6.45, 7) is 4.26. The molecule has 0 saturated carbocycles. The third kappa shape index (κ3) is 5.07. The fourth-order valence-electron chi connectivity index (χ4n) is 3.52. The second kappa shape index (κ2) is 10.1. The molecule has 0 bridgehead atoms. The molecule has 2 heterocycles. The molecule has 0 aliphatic rings. The highest BCUT2D eigenvalue weighted by Crippen LogP contribution is 2.20. The first-order chi connectivity index (χ1) is 16.8. The van der Waals surface area contributed by atoms with Gasteiger partial charge >= 0.3 is 5.69 Å². The maximum absolute atomic E-state index is 12.8. The molecule has 180 valence electrons. The molecule has 0 spiro atoms. The molecule has 0 saturated heterocycles. The molecule has 2 aromatic carbocycles. The summed E-state index contributed by atoms with van der Waals surface area (Å²) in [5.74, 6) is -0.0278. The van der Waals surface area contributed by atoms with Crippen LogP contribution in [0.5, 0.6) is 0 Å². The zero-order valence-corrected chi connectivity index (χ0v) is 20.2. The summed E-state index contributed by atoms with van der Waals surface area (Å²) in [5.41, 5.74) is 0.816. The number of aromatic nitrogens is 5. The number of hydrogen-bond donors (Lipinski definition) is 0. The van der Waals surface area contributed by atoms with Crippen molar-refractivity contribution >= 4 is 23.2 Å². The van der Waals surface area contributed by atoms with Gasteiger partial charge < -0.3 is 9.42 Å². The zero-order chi connectivity index (χ0) is 25.1. The Morgan fingerprint density at radius 1 is 1.14 bits per heavy atom. The summed E-state index contributed by atoms with van der Waals surface area (Å²) < 4.78 is 7.31. The third-order valence-corrected chi connectivity index (χ3v) is 5.66. The van der Waals surface area contributed by atoms with Crippen LogP contribution in [0.25, 0.3) is 17.2 Å². The van der Waals surface area contributed by atoms with Crippen molar-refractivity contribution in [2.45, 2.75) is 26.7 Å². The van der Waals surface area contributed by atoms with Gasteiger partial charge in [-0.1, -0.05) is 40.5 Å². The fourth-order valence-corrected chi connectivity index (χ4v) is 3.70. The van der Waals surface area contributed by atoms with Crippen molar-refractivity contribution in [3.63, 3.8) is 0 Å². The Morgan fingerprint density at radius 2 is 1.89 bits per heavy atom. The molecular formula is C24H23ClN6O4. The molecule has 1 amide bonds. The number of amides is 1. The number of rotatable bonds is 7. The van der Waals surface area contributed by atoms with Gasteiger partial charge in [-0.2, -0.15) is 14.8 Å². The quantitative estimate of drug-likeness (QED) is 0.387. The molecule has 11 heteroatoms. The molecule has 0 aliphatic carbocycles. The first kappa shape index (κ1) is 24.1. The Balaban J connectivity index is 1.56. The molecule has 0 unspecified atom stereocenters. The largest absolute Gasteiger partial charge is 0.351 e. The van der Waals surface area contributed by atoms with Gasteiger partial charge in [0.15, 0.2) is 5.69 Å². The van der Waals surface area contributed by atoms with Crippen molar-refractivity contribution in [2.24, 2.45) is 7.05 Å². The van der Waals surface area contributed by atoms with Crippen molar-refractivity contribution in [3.05, 3.63) is 85.8 Å². The maximum atomic E-state index is 12.8. The SMILES string of the molecule is CCN(C(=O)CCc1nc(-c2nn(-c3ccc(C)cc3)c(=O)n(C)c2=O)no1)c1cccc(Cl)c1. The van der Waals surface area contributed by atoms with E-state index in [4.69, 9.17) is 16.1 Å². The second-order valence-corrected chi connectivity index (χ2v) is 8.31. The number of anilines is 1. The molecule has 4 rings (SSSR count). The Bertz CT molecular complexity index is 1490. The van der Waals surface area contributed by atoms with Crippen LogP contribution in [0.2, 0.25) is 5.02 Å². The molecular weight excluding hydrogens is 472 g/mol. The number of carbonyl (C=O) groups is 1. The summed E-state index contributed by atoms with van der Waals surface area (Å²) in [4.78, 5) is 44.0. The van der Waals surface area contributed by atoms with E-state index in [9.17, 15) is 14.4 Å². The monoisotopic (exact) mass is 494 g/mol. The minimum Gasteiger partial charge on any atom is -0.339 e. The van der Waals surface area contributed by atoms with Crippen LogP contribution in [0.3, 0.4) is 0 Å². The van der Waals surface area contributed by atoms with Gasteiger partial charge in [-0.25, -0.2) is 4.79 Å². The van der Waals surface area contributed by atoms with E-state index in [1.165, 1.54) is 7.05 Å². The lowest BCUT2D eigenvalue weighted by Crippen LogP contribution is -2.40. The van der Waals surface area contributed by atoms with Gasteiger partial charge in [0.1, 0.15) is 0 Å². The Labute approximate surface area is 205 Å². The van der Waals surface area contributed by atoms with Crippen LogP contribution in [-0.4, -0.2) is 36.9 Å². The lowest BCUT2D eigenvalue weighted by Gasteiger charge is -2.21. The highest BCUT2D eigenvalue weighted by molar-refractivity contribution is 6.30. The predicted molar refractivity (Wildman–Crippen MR) is 131 cm³/mol. The predicted octanol–water partition coefficient (Wildman–Crippen LogP) is 2.93. The smallest absolute Gasteiger partial charge is 0.339 e. The van der Waals surface area contributed by atoms with E-state index in [1.807, 2.05) is 32.0 Å². The molecule has 0 aliphatic heterocycles.